The normalized spacial score (nSPS) is 12.0. The van der Waals surface area contributed by atoms with Crippen LogP contribution < -0.4 is 0 Å². The lowest BCUT2D eigenvalue weighted by Crippen LogP contribution is -2.23. The van der Waals surface area contributed by atoms with Crippen molar-refractivity contribution in [3.8, 4) is 0 Å². The summed E-state index contributed by atoms with van der Waals surface area (Å²) in [6, 6.07) is 14.6. The van der Waals surface area contributed by atoms with Gasteiger partial charge in [-0.05, 0) is 67.4 Å². The smallest absolute Gasteiger partial charge is 0.161 e. The summed E-state index contributed by atoms with van der Waals surface area (Å²) < 4.78 is 2.02. The SMILES string of the molecule is C=CN=C/C(=C\C)Cn1cc(C(C)=O)c2ccc(Cl)cc21.CCCC(C)(CCC)c1ccccc1CC. The van der Waals surface area contributed by atoms with Gasteiger partial charge < -0.3 is 4.57 Å². The van der Waals surface area contributed by atoms with Crippen LogP contribution in [-0.4, -0.2) is 16.6 Å². The van der Waals surface area contributed by atoms with E-state index in [1.54, 1.807) is 24.8 Å². The molecule has 0 N–H and O–H groups in total. The van der Waals surface area contributed by atoms with Crippen molar-refractivity contribution in [1.82, 2.24) is 4.57 Å². The number of benzene rings is 2. The first-order valence-electron chi connectivity index (χ1n) is 13.4. The number of allylic oxidation sites excluding steroid dienone is 2. The fraction of sp³-hybridized carbons (Fsp3) is 0.394. The standard InChI is InChI=1S/C17H17ClN2O.C16H26/c1-4-13(9-19-5-2)10-20-11-16(12(3)21)15-7-6-14(18)8-17(15)20;1-5-12-16(4,13-6-2)15-11-9-8-10-14(15)7-3/h4-9,11H,2,10H2,1,3H3;8-11H,5-7,12-13H2,1-4H3/b13-4+,19-9?;. The number of carbonyl (C=O) groups is 1. The Labute approximate surface area is 229 Å². The predicted octanol–water partition coefficient (Wildman–Crippen LogP) is 9.76. The molecule has 0 unspecified atom stereocenters. The third-order valence-electron chi connectivity index (χ3n) is 6.95. The van der Waals surface area contributed by atoms with Gasteiger partial charge in [0.25, 0.3) is 0 Å². The molecule has 3 aromatic rings. The monoisotopic (exact) mass is 518 g/mol. The Morgan fingerprint density at radius 1 is 1.11 bits per heavy atom. The number of halogens is 1. The van der Waals surface area contributed by atoms with Gasteiger partial charge in [-0.3, -0.25) is 9.79 Å². The average Bonchev–Trinajstić information content (AvgIpc) is 3.24. The van der Waals surface area contributed by atoms with Crippen LogP contribution in [0.4, 0.5) is 0 Å². The Balaban J connectivity index is 0.000000271. The number of carbonyl (C=O) groups excluding carboxylic acids is 1. The molecule has 0 fully saturated rings. The Hall–Kier alpha value is -2.91. The summed E-state index contributed by atoms with van der Waals surface area (Å²) >= 11 is 6.08. The highest BCUT2D eigenvalue weighted by molar-refractivity contribution is 6.31. The van der Waals surface area contributed by atoms with Crippen LogP contribution in [0.25, 0.3) is 10.9 Å². The summed E-state index contributed by atoms with van der Waals surface area (Å²) in [5, 5.41) is 1.57. The van der Waals surface area contributed by atoms with Crippen LogP contribution in [0.5, 0.6) is 0 Å². The summed E-state index contributed by atoms with van der Waals surface area (Å²) in [4.78, 5) is 15.8. The van der Waals surface area contributed by atoms with Gasteiger partial charge in [-0.25, -0.2) is 0 Å². The second-order valence-electron chi connectivity index (χ2n) is 9.78. The number of aryl methyl sites for hydroxylation is 1. The largest absolute Gasteiger partial charge is 0.342 e. The van der Waals surface area contributed by atoms with Gasteiger partial charge in [0.1, 0.15) is 0 Å². The third-order valence-corrected chi connectivity index (χ3v) is 7.18. The molecule has 0 radical (unpaired) electrons. The zero-order valence-electron chi connectivity index (χ0n) is 23.5. The second-order valence-corrected chi connectivity index (χ2v) is 10.2. The number of ketones is 1. The van der Waals surface area contributed by atoms with Gasteiger partial charge in [0.2, 0.25) is 0 Å². The maximum Gasteiger partial charge on any atom is 0.161 e. The molecule has 1 heterocycles. The highest BCUT2D eigenvalue weighted by atomic mass is 35.5. The molecule has 0 aliphatic carbocycles. The molecule has 198 valence electrons. The van der Waals surface area contributed by atoms with Crippen LogP contribution in [0.15, 0.2) is 78.1 Å². The predicted molar refractivity (Wildman–Crippen MR) is 162 cm³/mol. The quantitative estimate of drug-likeness (QED) is 0.184. The van der Waals surface area contributed by atoms with E-state index in [1.165, 1.54) is 37.4 Å². The van der Waals surface area contributed by atoms with Gasteiger partial charge in [0.15, 0.2) is 5.78 Å². The third kappa shape index (κ3) is 8.04. The van der Waals surface area contributed by atoms with E-state index in [2.05, 4.69) is 63.5 Å². The molecule has 3 rings (SSSR count). The highest BCUT2D eigenvalue weighted by Crippen LogP contribution is 2.36. The molecule has 0 aliphatic heterocycles. The summed E-state index contributed by atoms with van der Waals surface area (Å²) in [5.41, 5.74) is 6.18. The average molecular weight is 519 g/mol. The minimum Gasteiger partial charge on any atom is -0.342 e. The fourth-order valence-electron chi connectivity index (χ4n) is 5.14. The van der Waals surface area contributed by atoms with Gasteiger partial charge >= 0.3 is 0 Å². The van der Waals surface area contributed by atoms with E-state index in [-0.39, 0.29) is 5.78 Å². The van der Waals surface area contributed by atoms with E-state index in [4.69, 9.17) is 11.6 Å². The lowest BCUT2D eigenvalue weighted by atomic mass is 9.73. The molecule has 0 saturated carbocycles. The van der Waals surface area contributed by atoms with Crippen molar-refractivity contribution < 1.29 is 4.79 Å². The summed E-state index contributed by atoms with van der Waals surface area (Å²) in [6.07, 6.45) is 13.4. The van der Waals surface area contributed by atoms with Gasteiger partial charge in [-0.2, -0.15) is 0 Å². The van der Waals surface area contributed by atoms with Crippen molar-refractivity contribution in [3.05, 3.63) is 94.8 Å². The van der Waals surface area contributed by atoms with Gasteiger partial charge in [-0.1, -0.05) is 95.1 Å². The van der Waals surface area contributed by atoms with Crippen molar-refractivity contribution >= 4 is 34.5 Å². The molecule has 0 aliphatic rings. The molecule has 0 bridgehead atoms. The summed E-state index contributed by atoms with van der Waals surface area (Å²) in [5.74, 6) is 0.0443. The van der Waals surface area contributed by atoms with Crippen molar-refractivity contribution in [2.75, 3.05) is 0 Å². The Morgan fingerprint density at radius 3 is 2.35 bits per heavy atom. The minimum absolute atomic E-state index is 0.0443. The van der Waals surface area contributed by atoms with E-state index in [0.717, 1.165) is 22.9 Å². The van der Waals surface area contributed by atoms with Crippen LogP contribution in [0.1, 0.15) is 88.7 Å². The first-order chi connectivity index (χ1) is 17.7. The molecule has 0 amide bonds. The Morgan fingerprint density at radius 2 is 1.78 bits per heavy atom. The topological polar surface area (TPSA) is 34.4 Å². The fourth-order valence-corrected chi connectivity index (χ4v) is 5.31. The maximum absolute atomic E-state index is 11.8. The number of aromatic nitrogens is 1. The van der Waals surface area contributed by atoms with Crippen LogP contribution in [0.3, 0.4) is 0 Å². The number of hydrogen-bond acceptors (Lipinski definition) is 2. The van der Waals surface area contributed by atoms with Gasteiger partial charge in [-0.15, -0.1) is 0 Å². The molecule has 1 aromatic heterocycles. The van der Waals surface area contributed by atoms with Crippen LogP contribution >= 0.6 is 11.6 Å². The zero-order chi connectivity index (χ0) is 27.4. The number of fused-ring (bicyclic) bond motifs is 1. The molecule has 0 spiro atoms. The van der Waals surface area contributed by atoms with Crippen LogP contribution in [0, 0.1) is 0 Å². The number of aliphatic imine (C=N–C) groups is 1. The number of hydrogen-bond donors (Lipinski definition) is 0. The van der Waals surface area contributed by atoms with Crippen molar-refractivity contribution in [3.63, 3.8) is 0 Å². The molecular weight excluding hydrogens is 476 g/mol. The molecular formula is C33H43ClN2O. The minimum atomic E-state index is 0.0443. The molecule has 0 atom stereocenters. The van der Waals surface area contributed by atoms with E-state index in [0.29, 0.717) is 22.5 Å². The first-order valence-corrected chi connectivity index (χ1v) is 13.8. The van der Waals surface area contributed by atoms with E-state index < -0.39 is 0 Å². The van der Waals surface area contributed by atoms with Gasteiger partial charge in [0.05, 0.1) is 5.52 Å². The number of Topliss-reactive ketones (excluding diaryl/α,β-unsaturated/α-hetero) is 1. The summed E-state index contributed by atoms with van der Waals surface area (Å²) in [6.45, 7) is 17.0. The molecule has 3 nitrogen and oxygen atoms in total. The van der Waals surface area contributed by atoms with Crippen molar-refractivity contribution in [2.45, 2.75) is 85.6 Å². The summed E-state index contributed by atoms with van der Waals surface area (Å²) in [7, 11) is 0. The molecule has 37 heavy (non-hydrogen) atoms. The van der Waals surface area contributed by atoms with E-state index in [9.17, 15) is 4.79 Å². The number of nitrogens with zero attached hydrogens (tertiary/aromatic N) is 2. The molecule has 4 heteroatoms. The van der Waals surface area contributed by atoms with E-state index in [1.807, 2.05) is 35.9 Å². The lowest BCUT2D eigenvalue weighted by molar-refractivity contribution is 0.101. The van der Waals surface area contributed by atoms with E-state index >= 15 is 0 Å². The van der Waals surface area contributed by atoms with Crippen molar-refractivity contribution in [2.24, 2.45) is 4.99 Å². The lowest BCUT2D eigenvalue weighted by Gasteiger charge is -2.31. The van der Waals surface area contributed by atoms with Crippen molar-refractivity contribution in [1.29, 1.82) is 0 Å². The molecule has 2 aromatic carbocycles. The first kappa shape index (κ1) is 30.3. The Kier molecular flexibility index (Phi) is 12.1. The zero-order valence-corrected chi connectivity index (χ0v) is 24.2. The van der Waals surface area contributed by atoms with Gasteiger partial charge in [0, 0.05) is 41.1 Å². The Bertz CT molecular complexity index is 1240. The number of rotatable bonds is 11. The van der Waals surface area contributed by atoms with Crippen LogP contribution in [-0.2, 0) is 18.4 Å². The second kappa shape index (κ2) is 14.7. The van der Waals surface area contributed by atoms with Crippen LogP contribution in [0.2, 0.25) is 5.02 Å². The maximum atomic E-state index is 11.8. The highest BCUT2D eigenvalue weighted by Gasteiger charge is 2.26. The molecule has 0 saturated heterocycles.